The standard InChI is InChI=1S/C17H26N2O2/c1-12(2)14-4-6-15(7-5-14)18-17(21)11-19-9-8-13(3)16(20)10-19/h4-7,12-13,16,20H,8-11H2,1-3H3,(H,18,21). The van der Waals surface area contributed by atoms with Crippen molar-refractivity contribution in [2.75, 3.05) is 25.0 Å². The number of rotatable bonds is 4. The molecule has 1 amide bonds. The summed E-state index contributed by atoms with van der Waals surface area (Å²) in [4.78, 5) is 14.1. The second-order valence-electron chi connectivity index (χ2n) is 6.39. The van der Waals surface area contributed by atoms with Gasteiger partial charge < -0.3 is 10.4 Å². The highest BCUT2D eigenvalue weighted by molar-refractivity contribution is 5.92. The summed E-state index contributed by atoms with van der Waals surface area (Å²) in [7, 11) is 0. The number of carbonyl (C=O) groups excluding carboxylic acids is 1. The largest absolute Gasteiger partial charge is 0.392 e. The Balaban J connectivity index is 1.84. The van der Waals surface area contributed by atoms with Gasteiger partial charge in [0.15, 0.2) is 0 Å². The monoisotopic (exact) mass is 290 g/mol. The van der Waals surface area contributed by atoms with Crippen LogP contribution in [0.25, 0.3) is 0 Å². The van der Waals surface area contributed by atoms with Crippen molar-refractivity contribution in [2.45, 2.75) is 39.2 Å². The first-order chi connectivity index (χ1) is 9.95. The van der Waals surface area contributed by atoms with Crippen molar-refractivity contribution in [3.05, 3.63) is 29.8 Å². The molecule has 1 heterocycles. The third kappa shape index (κ3) is 4.55. The summed E-state index contributed by atoms with van der Waals surface area (Å²) in [5.74, 6) is 0.800. The molecule has 0 radical (unpaired) electrons. The fraction of sp³-hybridized carbons (Fsp3) is 0.588. The van der Waals surface area contributed by atoms with Crippen LogP contribution < -0.4 is 5.32 Å². The lowest BCUT2D eigenvalue weighted by atomic mass is 9.96. The molecule has 4 heteroatoms. The molecule has 4 nitrogen and oxygen atoms in total. The van der Waals surface area contributed by atoms with Gasteiger partial charge in [-0.15, -0.1) is 0 Å². The van der Waals surface area contributed by atoms with Crippen molar-refractivity contribution in [1.82, 2.24) is 4.90 Å². The Labute approximate surface area is 127 Å². The van der Waals surface area contributed by atoms with Gasteiger partial charge in [-0.2, -0.15) is 0 Å². The molecule has 21 heavy (non-hydrogen) atoms. The number of hydrogen-bond acceptors (Lipinski definition) is 3. The topological polar surface area (TPSA) is 52.6 Å². The quantitative estimate of drug-likeness (QED) is 0.895. The third-order valence-electron chi connectivity index (χ3n) is 4.23. The first-order valence-electron chi connectivity index (χ1n) is 7.76. The van der Waals surface area contributed by atoms with E-state index < -0.39 is 0 Å². The zero-order chi connectivity index (χ0) is 15.4. The summed E-state index contributed by atoms with van der Waals surface area (Å²) >= 11 is 0. The van der Waals surface area contributed by atoms with Crippen LogP contribution in [0.3, 0.4) is 0 Å². The van der Waals surface area contributed by atoms with Crippen LogP contribution in [0.1, 0.15) is 38.7 Å². The van der Waals surface area contributed by atoms with Crippen LogP contribution in [0.2, 0.25) is 0 Å². The molecule has 2 N–H and O–H groups in total. The number of hydrogen-bond donors (Lipinski definition) is 2. The highest BCUT2D eigenvalue weighted by Gasteiger charge is 2.25. The van der Waals surface area contributed by atoms with Crippen LogP contribution in [0.5, 0.6) is 0 Å². The Morgan fingerprint density at radius 2 is 2.05 bits per heavy atom. The lowest BCUT2D eigenvalue weighted by Crippen LogP contribution is -2.45. The van der Waals surface area contributed by atoms with Crippen LogP contribution in [-0.2, 0) is 4.79 Å². The zero-order valence-corrected chi connectivity index (χ0v) is 13.2. The fourth-order valence-corrected chi connectivity index (χ4v) is 2.61. The van der Waals surface area contributed by atoms with Gasteiger partial charge in [-0.25, -0.2) is 0 Å². The average Bonchev–Trinajstić information content (AvgIpc) is 2.43. The van der Waals surface area contributed by atoms with Crippen molar-refractivity contribution in [1.29, 1.82) is 0 Å². The molecule has 0 spiro atoms. The number of amides is 1. The summed E-state index contributed by atoms with van der Waals surface area (Å²) < 4.78 is 0. The van der Waals surface area contributed by atoms with E-state index in [1.54, 1.807) is 0 Å². The summed E-state index contributed by atoms with van der Waals surface area (Å²) in [6, 6.07) is 7.99. The maximum atomic E-state index is 12.1. The minimum absolute atomic E-state index is 0.0194. The SMILES string of the molecule is CC(C)c1ccc(NC(=O)CN2CCC(C)C(O)C2)cc1. The predicted molar refractivity (Wildman–Crippen MR) is 85.4 cm³/mol. The smallest absolute Gasteiger partial charge is 0.238 e. The second-order valence-corrected chi connectivity index (χ2v) is 6.39. The maximum absolute atomic E-state index is 12.1. The maximum Gasteiger partial charge on any atom is 0.238 e. The second kappa shape index (κ2) is 7.05. The van der Waals surface area contributed by atoms with Crippen molar-refractivity contribution in [2.24, 2.45) is 5.92 Å². The molecule has 2 atom stereocenters. The van der Waals surface area contributed by atoms with Crippen molar-refractivity contribution in [3.8, 4) is 0 Å². The van der Waals surface area contributed by atoms with Gasteiger partial charge in [-0.05, 0) is 42.5 Å². The minimum atomic E-state index is -0.322. The van der Waals surface area contributed by atoms with Gasteiger partial charge >= 0.3 is 0 Å². The number of β-amino-alcohol motifs (C(OH)–C–C–N with tert-alkyl or cyclic N) is 1. The van der Waals surface area contributed by atoms with Crippen molar-refractivity contribution < 1.29 is 9.90 Å². The highest BCUT2D eigenvalue weighted by atomic mass is 16.3. The number of piperidine rings is 1. The number of aliphatic hydroxyl groups is 1. The average molecular weight is 290 g/mol. The normalized spacial score (nSPS) is 23.3. The molecule has 0 aliphatic carbocycles. The molecule has 1 fully saturated rings. The Morgan fingerprint density at radius 1 is 1.38 bits per heavy atom. The van der Waals surface area contributed by atoms with Gasteiger partial charge in [0.2, 0.25) is 5.91 Å². The number of nitrogens with one attached hydrogen (secondary N) is 1. The van der Waals surface area contributed by atoms with Gasteiger partial charge in [0.25, 0.3) is 0 Å². The summed E-state index contributed by atoms with van der Waals surface area (Å²) in [6.45, 7) is 8.15. The molecule has 2 unspecified atom stereocenters. The molecule has 2 rings (SSSR count). The van der Waals surface area contributed by atoms with E-state index in [9.17, 15) is 9.90 Å². The van der Waals surface area contributed by atoms with Gasteiger partial charge in [0.1, 0.15) is 0 Å². The molecule has 0 saturated carbocycles. The number of anilines is 1. The van der Waals surface area contributed by atoms with Crippen LogP contribution >= 0.6 is 0 Å². The number of benzene rings is 1. The first kappa shape index (κ1) is 16.0. The van der Waals surface area contributed by atoms with Crippen LogP contribution in [0.4, 0.5) is 5.69 Å². The van der Waals surface area contributed by atoms with Crippen LogP contribution in [-0.4, -0.2) is 41.7 Å². The summed E-state index contributed by atoms with van der Waals surface area (Å²) in [6.07, 6.45) is 0.620. The number of carbonyl (C=O) groups is 1. The summed E-state index contributed by atoms with van der Waals surface area (Å²) in [5, 5.41) is 12.8. The molecule has 116 valence electrons. The van der Waals surface area contributed by atoms with Gasteiger partial charge in [0.05, 0.1) is 12.6 Å². The lowest BCUT2D eigenvalue weighted by Gasteiger charge is -2.33. The molecular formula is C17H26N2O2. The number of likely N-dealkylation sites (tertiary alicyclic amines) is 1. The Hall–Kier alpha value is -1.39. The number of aliphatic hydroxyl groups excluding tert-OH is 1. The van der Waals surface area contributed by atoms with E-state index in [1.807, 2.05) is 29.2 Å². The van der Waals surface area contributed by atoms with E-state index in [2.05, 4.69) is 26.1 Å². The van der Waals surface area contributed by atoms with Gasteiger partial charge in [-0.1, -0.05) is 32.9 Å². The molecule has 1 aliphatic heterocycles. The van der Waals surface area contributed by atoms with E-state index in [-0.39, 0.29) is 12.0 Å². The van der Waals surface area contributed by atoms with E-state index in [0.717, 1.165) is 18.7 Å². The van der Waals surface area contributed by atoms with Gasteiger partial charge in [-0.3, -0.25) is 9.69 Å². The van der Waals surface area contributed by atoms with Crippen molar-refractivity contribution in [3.63, 3.8) is 0 Å². The third-order valence-corrected chi connectivity index (χ3v) is 4.23. The molecule has 1 saturated heterocycles. The van der Waals surface area contributed by atoms with Crippen LogP contribution in [0.15, 0.2) is 24.3 Å². The van der Waals surface area contributed by atoms with Crippen LogP contribution in [0, 0.1) is 5.92 Å². The fourth-order valence-electron chi connectivity index (χ4n) is 2.61. The Morgan fingerprint density at radius 3 is 2.62 bits per heavy atom. The summed E-state index contributed by atoms with van der Waals surface area (Å²) in [5.41, 5.74) is 2.09. The Kier molecular flexibility index (Phi) is 5.37. The minimum Gasteiger partial charge on any atom is -0.392 e. The molecule has 1 aliphatic rings. The molecule has 0 aromatic heterocycles. The van der Waals surface area contributed by atoms with E-state index >= 15 is 0 Å². The lowest BCUT2D eigenvalue weighted by molar-refractivity contribution is -0.118. The van der Waals surface area contributed by atoms with E-state index in [1.165, 1.54) is 5.56 Å². The van der Waals surface area contributed by atoms with Crippen molar-refractivity contribution >= 4 is 11.6 Å². The zero-order valence-electron chi connectivity index (χ0n) is 13.2. The predicted octanol–water partition coefficient (Wildman–Crippen LogP) is 2.45. The number of nitrogens with zero attached hydrogens (tertiary/aromatic N) is 1. The Bertz CT molecular complexity index is 470. The van der Waals surface area contributed by atoms with E-state index in [4.69, 9.17) is 0 Å². The molecule has 0 bridgehead atoms. The van der Waals surface area contributed by atoms with E-state index in [0.29, 0.717) is 24.9 Å². The molecule has 1 aromatic rings. The molecule has 1 aromatic carbocycles. The highest BCUT2D eigenvalue weighted by Crippen LogP contribution is 2.18. The molecular weight excluding hydrogens is 264 g/mol. The first-order valence-corrected chi connectivity index (χ1v) is 7.76. The van der Waals surface area contributed by atoms with Gasteiger partial charge in [0, 0.05) is 12.2 Å².